The van der Waals surface area contributed by atoms with E-state index < -0.39 is 0 Å². The van der Waals surface area contributed by atoms with Crippen LogP contribution in [0.3, 0.4) is 0 Å². The van der Waals surface area contributed by atoms with Gasteiger partial charge >= 0.3 is 5.97 Å². The molecule has 0 aromatic rings. The van der Waals surface area contributed by atoms with Crippen molar-refractivity contribution in [3.63, 3.8) is 0 Å². The molecule has 2 fully saturated rings. The molecule has 2 aliphatic heterocycles. The van der Waals surface area contributed by atoms with Crippen LogP contribution in [0.25, 0.3) is 0 Å². The Hall–Kier alpha value is -0.610. The minimum absolute atomic E-state index is 0.0638. The lowest BCUT2D eigenvalue weighted by molar-refractivity contribution is -0.145. The summed E-state index contributed by atoms with van der Waals surface area (Å²) in [7, 11) is 0. The lowest BCUT2D eigenvalue weighted by Gasteiger charge is -2.45. The monoisotopic (exact) mass is 254 g/mol. The van der Waals surface area contributed by atoms with E-state index in [1.165, 1.54) is 19.4 Å². The molecule has 0 spiro atoms. The second-order valence-electron chi connectivity index (χ2n) is 5.69. The fourth-order valence-corrected chi connectivity index (χ4v) is 3.40. The van der Waals surface area contributed by atoms with Crippen molar-refractivity contribution in [2.24, 2.45) is 0 Å². The lowest BCUT2D eigenvalue weighted by Crippen LogP contribution is -2.57. The van der Waals surface area contributed by atoms with Crippen molar-refractivity contribution in [3.8, 4) is 0 Å². The molecule has 4 heteroatoms. The van der Waals surface area contributed by atoms with Gasteiger partial charge in [0.2, 0.25) is 0 Å². The second kappa shape index (κ2) is 6.02. The Bertz CT molecular complexity index is 296. The minimum Gasteiger partial charge on any atom is -0.466 e. The Morgan fingerprint density at radius 3 is 2.94 bits per heavy atom. The lowest BCUT2D eigenvalue weighted by atomic mass is 10.0. The molecule has 3 unspecified atom stereocenters. The summed E-state index contributed by atoms with van der Waals surface area (Å²) in [6, 6.07) is 1.55. The highest BCUT2D eigenvalue weighted by atomic mass is 16.5. The van der Waals surface area contributed by atoms with Gasteiger partial charge in [0.05, 0.1) is 13.0 Å². The molecule has 0 saturated carbocycles. The molecule has 2 heterocycles. The van der Waals surface area contributed by atoms with Crippen molar-refractivity contribution in [2.75, 3.05) is 26.2 Å². The summed E-state index contributed by atoms with van der Waals surface area (Å²) in [5.74, 6) is -0.0638. The van der Waals surface area contributed by atoms with Gasteiger partial charge in [-0.1, -0.05) is 0 Å². The van der Waals surface area contributed by atoms with Gasteiger partial charge in [-0.25, -0.2) is 0 Å². The third-order valence-corrected chi connectivity index (χ3v) is 4.32. The van der Waals surface area contributed by atoms with Crippen molar-refractivity contribution in [3.05, 3.63) is 0 Å². The van der Waals surface area contributed by atoms with Crippen LogP contribution < -0.4 is 0 Å². The fourth-order valence-electron chi connectivity index (χ4n) is 3.40. The molecule has 4 nitrogen and oxygen atoms in total. The first-order valence-electron chi connectivity index (χ1n) is 7.27. The van der Waals surface area contributed by atoms with Gasteiger partial charge in [-0.3, -0.25) is 14.6 Å². The second-order valence-corrected chi connectivity index (χ2v) is 5.69. The Morgan fingerprint density at radius 2 is 2.22 bits per heavy atom. The van der Waals surface area contributed by atoms with Crippen LogP contribution in [-0.2, 0) is 9.53 Å². The van der Waals surface area contributed by atoms with Gasteiger partial charge in [-0.05, 0) is 40.2 Å². The number of ether oxygens (including phenoxy) is 1. The highest BCUT2D eigenvalue weighted by Crippen LogP contribution is 2.26. The Balaban J connectivity index is 1.89. The molecule has 0 amide bonds. The van der Waals surface area contributed by atoms with Crippen LogP contribution >= 0.6 is 0 Å². The zero-order valence-corrected chi connectivity index (χ0v) is 11.9. The predicted octanol–water partition coefficient (Wildman–Crippen LogP) is 1.50. The minimum atomic E-state index is -0.0638. The standard InChI is InChI=1S/C14H26N2O2/c1-4-18-14(17)8-11(2)16-10-13-6-5-7-15(13)9-12(16)3/h11-13H,4-10H2,1-3H3. The SMILES string of the molecule is CCOC(=O)CC(C)N1CC2CCCN2CC1C. The number of esters is 1. The largest absolute Gasteiger partial charge is 0.466 e. The third kappa shape index (κ3) is 3.04. The summed E-state index contributed by atoms with van der Waals surface area (Å²) < 4.78 is 5.05. The van der Waals surface area contributed by atoms with Gasteiger partial charge in [-0.15, -0.1) is 0 Å². The molecule has 104 valence electrons. The summed E-state index contributed by atoms with van der Waals surface area (Å²) in [6.45, 7) is 10.3. The van der Waals surface area contributed by atoms with Crippen molar-refractivity contribution in [1.82, 2.24) is 9.80 Å². The molecule has 0 bridgehead atoms. The van der Waals surface area contributed by atoms with Gasteiger partial charge in [0.1, 0.15) is 0 Å². The molecule has 0 N–H and O–H groups in total. The topological polar surface area (TPSA) is 32.8 Å². The molecule has 18 heavy (non-hydrogen) atoms. The smallest absolute Gasteiger partial charge is 0.307 e. The Morgan fingerprint density at radius 1 is 1.44 bits per heavy atom. The maximum absolute atomic E-state index is 11.6. The van der Waals surface area contributed by atoms with Crippen LogP contribution in [0.5, 0.6) is 0 Å². The highest BCUT2D eigenvalue weighted by molar-refractivity contribution is 5.70. The number of carbonyl (C=O) groups is 1. The molecule has 0 aromatic heterocycles. The summed E-state index contributed by atoms with van der Waals surface area (Å²) in [4.78, 5) is 16.7. The molecule has 0 aromatic carbocycles. The van der Waals surface area contributed by atoms with Gasteiger partial charge in [0.15, 0.2) is 0 Å². The molecule has 0 radical (unpaired) electrons. The van der Waals surface area contributed by atoms with Crippen molar-refractivity contribution < 1.29 is 9.53 Å². The normalized spacial score (nSPS) is 31.1. The van der Waals surface area contributed by atoms with Gasteiger partial charge < -0.3 is 4.74 Å². The van der Waals surface area contributed by atoms with Crippen LogP contribution in [0.2, 0.25) is 0 Å². The van der Waals surface area contributed by atoms with E-state index in [9.17, 15) is 4.79 Å². The maximum atomic E-state index is 11.6. The van der Waals surface area contributed by atoms with E-state index in [1.54, 1.807) is 0 Å². The molecule has 3 atom stereocenters. The van der Waals surface area contributed by atoms with Gasteiger partial charge in [-0.2, -0.15) is 0 Å². The summed E-state index contributed by atoms with van der Waals surface area (Å²) in [6.07, 6.45) is 3.16. The first-order valence-corrected chi connectivity index (χ1v) is 7.27. The average Bonchev–Trinajstić information content (AvgIpc) is 2.74. The molecule has 0 aliphatic carbocycles. The zero-order valence-electron chi connectivity index (χ0n) is 11.9. The Kier molecular flexibility index (Phi) is 4.62. The van der Waals surface area contributed by atoms with E-state index in [0.717, 1.165) is 13.1 Å². The average molecular weight is 254 g/mol. The fraction of sp³-hybridized carbons (Fsp3) is 0.929. The van der Waals surface area contributed by atoms with Crippen LogP contribution in [0.15, 0.2) is 0 Å². The predicted molar refractivity (Wildman–Crippen MR) is 71.5 cm³/mol. The van der Waals surface area contributed by atoms with Crippen molar-refractivity contribution >= 4 is 5.97 Å². The summed E-state index contributed by atoms with van der Waals surface area (Å²) in [5, 5.41) is 0. The van der Waals surface area contributed by atoms with E-state index in [0.29, 0.717) is 31.2 Å². The molecular weight excluding hydrogens is 228 g/mol. The van der Waals surface area contributed by atoms with E-state index in [2.05, 4.69) is 23.6 Å². The summed E-state index contributed by atoms with van der Waals surface area (Å²) >= 11 is 0. The van der Waals surface area contributed by atoms with E-state index in [-0.39, 0.29) is 5.97 Å². The number of hydrogen-bond acceptors (Lipinski definition) is 4. The number of carbonyl (C=O) groups excluding carboxylic acids is 1. The number of fused-ring (bicyclic) bond motifs is 1. The first-order chi connectivity index (χ1) is 8.61. The van der Waals surface area contributed by atoms with Crippen LogP contribution in [0.4, 0.5) is 0 Å². The highest BCUT2D eigenvalue weighted by Gasteiger charge is 2.36. The first kappa shape index (κ1) is 13.8. The maximum Gasteiger partial charge on any atom is 0.307 e. The number of nitrogens with zero attached hydrogens (tertiary/aromatic N) is 2. The van der Waals surface area contributed by atoms with Crippen LogP contribution in [0, 0.1) is 0 Å². The Labute approximate surface area is 110 Å². The van der Waals surface area contributed by atoms with Crippen molar-refractivity contribution in [1.29, 1.82) is 0 Å². The number of rotatable bonds is 4. The van der Waals surface area contributed by atoms with E-state index >= 15 is 0 Å². The van der Waals surface area contributed by atoms with E-state index in [1.807, 2.05) is 6.92 Å². The van der Waals surface area contributed by atoms with E-state index in [4.69, 9.17) is 4.74 Å². The van der Waals surface area contributed by atoms with Gasteiger partial charge in [0.25, 0.3) is 0 Å². The number of hydrogen-bond donors (Lipinski definition) is 0. The molecule has 2 rings (SSSR count). The summed E-state index contributed by atoms with van der Waals surface area (Å²) in [5.41, 5.74) is 0. The van der Waals surface area contributed by atoms with Crippen molar-refractivity contribution in [2.45, 2.75) is 58.2 Å². The zero-order chi connectivity index (χ0) is 13.1. The van der Waals surface area contributed by atoms with Crippen LogP contribution in [-0.4, -0.2) is 60.1 Å². The van der Waals surface area contributed by atoms with Gasteiger partial charge in [0, 0.05) is 31.2 Å². The molecule has 2 saturated heterocycles. The third-order valence-electron chi connectivity index (χ3n) is 4.32. The molecular formula is C14H26N2O2. The quantitative estimate of drug-likeness (QED) is 0.712. The molecule has 2 aliphatic rings. The number of piperazine rings is 1. The van der Waals surface area contributed by atoms with Crippen LogP contribution in [0.1, 0.15) is 40.0 Å².